The van der Waals surface area contributed by atoms with E-state index in [1.165, 1.54) is 6.42 Å². The van der Waals surface area contributed by atoms with E-state index < -0.39 is 0 Å². The summed E-state index contributed by atoms with van der Waals surface area (Å²) in [4.78, 5) is 13.1. The molecule has 2 aliphatic rings. The molecule has 1 heterocycles. The summed E-state index contributed by atoms with van der Waals surface area (Å²) in [6.07, 6.45) is 7.45. The monoisotopic (exact) mass is 356 g/mol. The number of carbonyl (C=O) groups excluding carboxylic acids is 1. The summed E-state index contributed by atoms with van der Waals surface area (Å²) in [6.45, 7) is 2.00. The van der Waals surface area contributed by atoms with Gasteiger partial charge < -0.3 is 10.6 Å². The fraction of sp³-hybridized carbons (Fsp3) is 0.611. The molecule has 1 saturated heterocycles. The van der Waals surface area contributed by atoms with Crippen LogP contribution in [0.3, 0.4) is 0 Å². The van der Waals surface area contributed by atoms with Gasteiger partial charge in [-0.1, -0.05) is 43.0 Å². The Morgan fingerprint density at radius 3 is 2.30 bits per heavy atom. The summed E-state index contributed by atoms with van der Waals surface area (Å²) in [5.41, 5.74) is 0.774. The van der Waals surface area contributed by atoms with Gasteiger partial charge in [0.2, 0.25) is 5.91 Å². The number of piperidine rings is 1. The number of hydrogen-bond acceptors (Lipinski definition) is 2. The van der Waals surface area contributed by atoms with E-state index in [1.54, 1.807) is 0 Å². The van der Waals surface area contributed by atoms with Crippen LogP contribution in [0.5, 0.6) is 0 Å². The lowest BCUT2D eigenvalue weighted by Gasteiger charge is -2.38. The second-order valence-electron chi connectivity index (χ2n) is 6.65. The first kappa shape index (κ1) is 18.6. The van der Waals surface area contributed by atoms with E-state index in [2.05, 4.69) is 10.6 Å². The third-order valence-corrected chi connectivity index (χ3v) is 5.46. The molecule has 5 heteroatoms. The van der Waals surface area contributed by atoms with Crippen molar-refractivity contribution in [3.63, 3.8) is 0 Å². The van der Waals surface area contributed by atoms with Crippen molar-refractivity contribution in [3.8, 4) is 0 Å². The van der Waals surface area contributed by atoms with Crippen LogP contribution >= 0.6 is 24.0 Å². The van der Waals surface area contributed by atoms with Crippen LogP contribution in [0.25, 0.3) is 0 Å². The Kier molecular flexibility index (Phi) is 6.75. The summed E-state index contributed by atoms with van der Waals surface area (Å²) in [5, 5.41) is 7.41. The number of carbonyl (C=O) groups is 1. The standard InChI is InChI=1S/C18H25ClN2O.ClH/c19-15-6-4-14(5-7-15)18(10-2-1-3-11-18)17(22)21-16-8-12-20-13-9-16;/h4-7,16,20H,1-3,8-13H2,(H,21,22);1H. The molecule has 2 N–H and O–H groups in total. The highest BCUT2D eigenvalue weighted by atomic mass is 35.5. The topological polar surface area (TPSA) is 41.1 Å². The number of benzene rings is 1. The average Bonchev–Trinajstić information content (AvgIpc) is 2.57. The summed E-state index contributed by atoms with van der Waals surface area (Å²) in [6, 6.07) is 8.21. The predicted octanol–water partition coefficient (Wildman–Crippen LogP) is 3.83. The van der Waals surface area contributed by atoms with Gasteiger partial charge in [0.25, 0.3) is 0 Å². The lowest BCUT2D eigenvalue weighted by atomic mass is 9.68. The first-order valence-electron chi connectivity index (χ1n) is 8.48. The molecule has 0 aromatic heterocycles. The van der Waals surface area contributed by atoms with Crippen LogP contribution in [0.2, 0.25) is 5.02 Å². The molecule has 0 unspecified atom stereocenters. The largest absolute Gasteiger partial charge is 0.353 e. The summed E-state index contributed by atoms with van der Waals surface area (Å²) in [5.74, 6) is 0.224. The molecule has 0 bridgehead atoms. The lowest BCUT2D eigenvalue weighted by Crippen LogP contribution is -2.51. The molecule has 2 fully saturated rings. The average molecular weight is 357 g/mol. The maximum Gasteiger partial charge on any atom is 0.230 e. The molecular formula is C18H26Cl2N2O. The van der Waals surface area contributed by atoms with Gasteiger partial charge in [0, 0.05) is 11.1 Å². The van der Waals surface area contributed by atoms with E-state index in [0.717, 1.165) is 62.2 Å². The van der Waals surface area contributed by atoms with E-state index in [4.69, 9.17) is 11.6 Å². The Morgan fingerprint density at radius 2 is 1.70 bits per heavy atom. The van der Waals surface area contributed by atoms with Crippen molar-refractivity contribution in [3.05, 3.63) is 34.9 Å². The molecule has 3 rings (SSSR count). The molecule has 0 spiro atoms. The molecular weight excluding hydrogens is 331 g/mol. The lowest BCUT2D eigenvalue weighted by molar-refractivity contribution is -0.129. The minimum Gasteiger partial charge on any atom is -0.353 e. The molecule has 1 aromatic rings. The van der Waals surface area contributed by atoms with Crippen molar-refractivity contribution in [2.45, 2.75) is 56.4 Å². The third kappa shape index (κ3) is 4.20. The minimum atomic E-state index is -0.353. The number of nitrogens with one attached hydrogen (secondary N) is 2. The Bertz CT molecular complexity index is 506. The van der Waals surface area contributed by atoms with Gasteiger partial charge in [0.1, 0.15) is 0 Å². The van der Waals surface area contributed by atoms with Crippen LogP contribution in [0.15, 0.2) is 24.3 Å². The molecule has 1 aliphatic carbocycles. The van der Waals surface area contributed by atoms with E-state index in [9.17, 15) is 4.79 Å². The number of amides is 1. The molecule has 128 valence electrons. The number of halogens is 2. The SMILES string of the molecule is Cl.O=C(NC1CCNCC1)C1(c2ccc(Cl)cc2)CCCCC1. The van der Waals surface area contributed by atoms with Gasteiger partial charge in [-0.3, -0.25) is 4.79 Å². The maximum absolute atomic E-state index is 13.1. The first-order valence-corrected chi connectivity index (χ1v) is 8.86. The van der Waals surface area contributed by atoms with E-state index in [0.29, 0.717) is 6.04 Å². The second kappa shape index (κ2) is 8.36. The zero-order valence-electron chi connectivity index (χ0n) is 13.4. The van der Waals surface area contributed by atoms with E-state index in [1.807, 2.05) is 24.3 Å². The molecule has 23 heavy (non-hydrogen) atoms. The van der Waals surface area contributed by atoms with Gasteiger partial charge in [-0.25, -0.2) is 0 Å². The highest BCUT2D eigenvalue weighted by molar-refractivity contribution is 6.30. The first-order chi connectivity index (χ1) is 10.7. The Hall–Kier alpha value is -0.770. The van der Waals surface area contributed by atoms with Gasteiger partial charge >= 0.3 is 0 Å². The smallest absolute Gasteiger partial charge is 0.230 e. The van der Waals surface area contributed by atoms with Gasteiger partial charge in [0.05, 0.1) is 5.41 Å². The molecule has 1 aliphatic heterocycles. The normalized spacial score (nSPS) is 21.3. The summed E-state index contributed by atoms with van der Waals surface area (Å²) in [7, 11) is 0. The van der Waals surface area contributed by atoms with Crippen molar-refractivity contribution < 1.29 is 4.79 Å². The van der Waals surface area contributed by atoms with E-state index >= 15 is 0 Å². The van der Waals surface area contributed by atoms with Gasteiger partial charge in [-0.05, 0) is 56.5 Å². The summed E-state index contributed by atoms with van der Waals surface area (Å²) >= 11 is 6.02. The van der Waals surface area contributed by atoms with Gasteiger partial charge in [0.15, 0.2) is 0 Å². The van der Waals surface area contributed by atoms with Crippen molar-refractivity contribution in [2.75, 3.05) is 13.1 Å². The van der Waals surface area contributed by atoms with Crippen molar-refractivity contribution >= 4 is 29.9 Å². The van der Waals surface area contributed by atoms with E-state index in [-0.39, 0.29) is 23.7 Å². The molecule has 1 saturated carbocycles. The van der Waals surface area contributed by atoms with Crippen LogP contribution in [0.4, 0.5) is 0 Å². The highest BCUT2D eigenvalue weighted by Gasteiger charge is 2.41. The Labute approximate surface area is 150 Å². The van der Waals surface area contributed by atoms with Crippen molar-refractivity contribution in [2.24, 2.45) is 0 Å². The quantitative estimate of drug-likeness (QED) is 0.863. The van der Waals surface area contributed by atoms with Crippen LogP contribution in [0.1, 0.15) is 50.5 Å². The fourth-order valence-electron chi connectivity index (χ4n) is 3.86. The Balaban J connectivity index is 0.00000192. The van der Waals surface area contributed by atoms with Crippen LogP contribution in [0, 0.1) is 0 Å². The molecule has 0 atom stereocenters. The molecule has 0 radical (unpaired) electrons. The van der Waals surface area contributed by atoms with Crippen LogP contribution < -0.4 is 10.6 Å². The van der Waals surface area contributed by atoms with Crippen LogP contribution in [-0.2, 0) is 10.2 Å². The number of hydrogen-bond donors (Lipinski definition) is 2. The Morgan fingerprint density at radius 1 is 1.09 bits per heavy atom. The van der Waals surface area contributed by atoms with Gasteiger partial charge in [-0.2, -0.15) is 0 Å². The van der Waals surface area contributed by atoms with Crippen molar-refractivity contribution in [1.82, 2.24) is 10.6 Å². The molecule has 3 nitrogen and oxygen atoms in total. The second-order valence-corrected chi connectivity index (χ2v) is 7.08. The zero-order valence-corrected chi connectivity index (χ0v) is 15.0. The number of rotatable bonds is 3. The van der Waals surface area contributed by atoms with Crippen molar-refractivity contribution in [1.29, 1.82) is 0 Å². The maximum atomic E-state index is 13.1. The third-order valence-electron chi connectivity index (χ3n) is 5.21. The highest BCUT2D eigenvalue weighted by Crippen LogP contribution is 2.40. The summed E-state index contributed by atoms with van der Waals surface area (Å²) < 4.78 is 0. The minimum absolute atomic E-state index is 0. The predicted molar refractivity (Wildman–Crippen MR) is 97.5 cm³/mol. The zero-order chi connectivity index (χ0) is 15.4. The van der Waals surface area contributed by atoms with Crippen LogP contribution in [-0.4, -0.2) is 25.0 Å². The molecule has 1 amide bonds. The van der Waals surface area contributed by atoms with Gasteiger partial charge in [-0.15, -0.1) is 12.4 Å². The molecule has 1 aromatic carbocycles. The fourth-order valence-corrected chi connectivity index (χ4v) is 3.99.